The maximum atomic E-state index is 8.98. The van der Waals surface area contributed by atoms with E-state index in [1.807, 2.05) is 18.2 Å². The summed E-state index contributed by atoms with van der Waals surface area (Å²) in [5.74, 6) is 0. The van der Waals surface area contributed by atoms with Gasteiger partial charge >= 0.3 is 0 Å². The van der Waals surface area contributed by atoms with Gasteiger partial charge in [0.05, 0.1) is 11.8 Å². The third kappa shape index (κ3) is 5.24. The van der Waals surface area contributed by atoms with E-state index in [1.165, 1.54) is 5.56 Å². The fraction of sp³-hybridized carbons (Fsp3) is 0.400. The zero-order valence-corrected chi connectivity index (χ0v) is 11.1. The number of aliphatic hydroxyl groups is 1. The molecule has 19 heavy (non-hydrogen) atoms. The quantitative estimate of drug-likeness (QED) is 0.381. The molecule has 4 nitrogen and oxygen atoms in total. The molecular formula is C15H22N2O2. The second kappa shape index (κ2) is 8.45. The molecule has 0 saturated carbocycles. The lowest BCUT2D eigenvalue weighted by molar-refractivity contribution is 0.298. The molecule has 0 aliphatic carbocycles. The number of oxime groups is 1. The lowest BCUT2D eigenvalue weighted by Gasteiger charge is -2.14. The molecule has 0 aliphatic heterocycles. The van der Waals surface area contributed by atoms with Gasteiger partial charge in [-0.3, -0.25) is 0 Å². The summed E-state index contributed by atoms with van der Waals surface area (Å²) in [4.78, 5) is 0. The molecule has 0 fully saturated rings. The molecule has 4 heteroatoms. The first-order valence-electron chi connectivity index (χ1n) is 6.49. The fourth-order valence-corrected chi connectivity index (χ4v) is 1.98. The Bertz CT molecular complexity index is 415. The van der Waals surface area contributed by atoms with Crippen LogP contribution in [0.1, 0.15) is 24.8 Å². The van der Waals surface area contributed by atoms with Crippen LogP contribution in [-0.4, -0.2) is 28.7 Å². The number of benzene rings is 1. The van der Waals surface area contributed by atoms with E-state index in [-0.39, 0.29) is 12.6 Å². The van der Waals surface area contributed by atoms with E-state index in [0.717, 1.165) is 19.3 Å². The van der Waals surface area contributed by atoms with Gasteiger partial charge in [-0.25, -0.2) is 0 Å². The van der Waals surface area contributed by atoms with Crippen molar-refractivity contribution in [2.75, 3.05) is 6.61 Å². The summed E-state index contributed by atoms with van der Waals surface area (Å²) in [5.41, 5.74) is 8.25. The number of rotatable bonds is 8. The summed E-state index contributed by atoms with van der Waals surface area (Å²) >= 11 is 0. The Balaban J connectivity index is 2.41. The lowest BCUT2D eigenvalue weighted by Crippen LogP contribution is -2.32. The minimum absolute atomic E-state index is 0.0193. The first kappa shape index (κ1) is 15.4. The van der Waals surface area contributed by atoms with Crippen LogP contribution in [0.2, 0.25) is 0 Å². The molecule has 0 aromatic heterocycles. The van der Waals surface area contributed by atoms with Crippen molar-refractivity contribution in [3.63, 3.8) is 0 Å². The Morgan fingerprint density at radius 2 is 2.00 bits per heavy atom. The van der Waals surface area contributed by atoms with Crippen LogP contribution in [0.5, 0.6) is 0 Å². The normalized spacial score (nSPS) is 13.3. The lowest BCUT2D eigenvalue weighted by atomic mass is 9.97. The summed E-state index contributed by atoms with van der Waals surface area (Å²) in [6.07, 6.45) is 2.96. The highest BCUT2D eigenvalue weighted by atomic mass is 16.4. The van der Waals surface area contributed by atoms with E-state index in [4.69, 9.17) is 16.0 Å². The fourth-order valence-electron chi connectivity index (χ4n) is 1.98. The number of nitrogens with zero attached hydrogens (tertiary/aromatic N) is 1. The van der Waals surface area contributed by atoms with E-state index < -0.39 is 0 Å². The maximum Gasteiger partial charge on any atom is 0.0989 e. The van der Waals surface area contributed by atoms with E-state index in [2.05, 4.69) is 23.9 Å². The minimum atomic E-state index is -0.340. The van der Waals surface area contributed by atoms with Crippen molar-refractivity contribution in [3.05, 3.63) is 48.0 Å². The highest BCUT2D eigenvalue weighted by molar-refractivity contribution is 6.03. The van der Waals surface area contributed by atoms with Crippen LogP contribution >= 0.6 is 0 Å². The Hall–Kier alpha value is -1.65. The topological polar surface area (TPSA) is 78.8 Å². The minimum Gasteiger partial charge on any atom is -0.411 e. The van der Waals surface area contributed by atoms with Crippen LogP contribution in [0.3, 0.4) is 0 Å². The van der Waals surface area contributed by atoms with Gasteiger partial charge in [0, 0.05) is 6.61 Å². The van der Waals surface area contributed by atoms with Gasteiger partial charge in [-0.1, -0.05) is 42.1 Å². The molecule has 0 heterocycles. The predicted octanol–water partition coefficient (Wildman–Crippen LogP) is 2.11. The molecule has 1 unspecified atom stereocenters. The van der Waals surface area contributed by atoms with Gasteiger partial charge in [0.1, 0.15) is 0 Å². The van der Waals surface area contributed by atoms with Crippen LogP contribution in [0.25, 0.3) is 0 Å². The van der Waals surface area contributed by atoms with Crippen molar-refractivity contribution in [2.24, 2.45) is 10.9 Å². The highest BCUT2D eigenvalue weighted by Gasteiger charge is 2.14. The monoisotopic (exact) mass is 262 g/mol. The third-order valence-corrected chi connectivity index (χ3v) is 3.06. The molecule has 104 valence electrons. The number of hydrogen-bond donors (Lipinski definition) is 3. The Morgan fingerprint density at radius 1 is 1.32 bits per heavy atom. The largest absolute Gasteiger partial charge is 0.411 e. The molecule has 0 saturated heterocycles. The van der Waals surface area contributed by atoms with Crippen molar-refractivity contribution in [1.29, 1.82) is 0 Å². The van der Waals surface area contributed by atoms with Gasteiger partial charge in [0.15, 0.2) is 0 Å². The molecule has 1 aromatic carbocycles. The molecule has 0 amide bonds. The van der Waals surface area contributed by atoms with Gasteiger partial charge in [0.25, 0.3) is 0 Å². The van der Waals surface area contributed by atoms with Crippen molar-refractivity contribution in [2.45, 2.75) is 31.7 Å². The van der Waals surface area contributed by atoms with Crippen molar-refractivity contribution in [1.82, 2.24) is 0 Å². The maximum absolute atomic E-state index is 8.98. The standard InChI is InChI=1S/C15H22N2O2/c1-12(10-11-18)15(17-19)14(16)9-5-8-13-6-3-2-4-7-13/h2-4,6-7,14,18-19H,1,5,8-11,16H2/b17-15+. The van der Waals surface area contributed by atoms with Gasteiger partial charge in [-0.15, -0.1) is 0 Å². The van der Waals surface area contributed by atoms with Gasteiger partial charge in [-0.05, 0) is 36.8 Å². The summed E-state index contributed by atoms with van der Waals surface area (Å²) in [6, 6.07) is 9.84. The Labute approximate surface area is 114 Å². The van der Waals surface area contributed by atoms with Crippen LogP contribution in [0.15, 0.2) is 47.6 Å². The molecule has 4 N–H and O–H groups in total. The molecular weight excluding hydrogens is 240 g/mol. The zero-order valence-electron chi connectivity index (χ0n) is 11.1. The first-order chi connectivity index (χ1) is 9.19. The number of hydrogen-bond acceptors (Lipinski definition) is 4. The summed E-state index contributed by atoms with van der Waals surface area (Å²) in [6.45, 7) is 3.75. The zero-order chi connectivity index (χ0) is 14.1. The van der Waals surface area contributed by atoms with Gasteiger partial charge in [0.2, 0.25) is 0 Å². The van der Waals surface area contributed by atoms with Crippen molar-refractivity contribution in [3.8, 4) is 0 Å². The molecule has 0 bridgehead atoms. The molecule has 1 aromatic rings. The predicted molar refractivity (Wildman–Crippen MR) is 77.4 cm³/mol. The number of nitrogens with two attached hydrogens (primary N) is 1. The summed E-state index contributed by atoms with van der Waals surface area (Å²) < 4.78 is 0. The highest BCUT2D eigenvalue weighted by Crippen LogP contribution is 2.10. The summed E-state index contributed by atoms with van der Waals surface area (Å²) in [7, 11) is 0. The average Bonchev–Trinajstić information content (AvgIpc) is 2.41. The second-order valence-corrected chi connectivity index (χ2v) is 4.55. The van der Waals surface area contributed by atoms with Crippen LogP contribution in [0, 0.1) is 0 Å². The molecule has 0 aliphatic rings. The van der Waals surface area contributed by atoms with Crippen LogP contribution in [-0.2, 0) is 6.42 Å². The third-order valence-electron chi connectivity index (χ3n) is 3.06. The number of aliphatic hydroxyl groups excluding tert-OH is 1. The molecule has 1 rings (SSSR count). The van der Waals surface area contributed by atoms with Gasteiger partial charge in [-0.2, -0.15) is 0 Å². The second-order valence-electron chi connectivity index (χ2n) is 4.55. The van der Waals surface area contributed by atoms with Crippen LogP contribution in [0.4, 0.5) is 0 Å². The van der Waals surface area contributed by atoms with Gasteiger partial charge < -0.3 is 16.0 Å². The van der Waals surface area contributed by atoms with E-state index in [9.17, 15) is 0 Å². The first-order valence-corrected chi connectivity index (χ1v) is 6.49. The SMILES string of the molecule is C=C(CCO)/C(=N\O)C(N)CCCc1ccccc1. The van der Waals surface area contributed by atoms with Crippen molar-refractivity contribution < 1.29 is 10.3 Å². The Morgan fingerprint density at radius 3 is 2.58 bits per heavy atom. The van der Waals surface area contributed by atoms with E-state index in [1.54, 1.807) is 0 Å². The molecule has 0 radical (unpaired) electrons. The van der Waals surface area contributed by atoms with Crippen LogP contribution < -0.4 is 5.73 Å². The average molecular weight is 262 g/mol. The molecule has 0 spiro atoms. The smallest absolute Gasteiger partial charge is 0.0989 e. The number of aryl methyl sites for hydroxylation is 1. The summed E-state index contributed by atoms with van der Waals surface area (Å²) in [5, 5.41) is 21.0. The van der Waals surface area contributed by atoms with Crippen molar-refractivity contribution >= 4 is 5.71 Å². The Kier molecular flexibility index (Phi) is 6.85. The van der Waals surface area contributed by atoms with E-state index in [0.29, 0.717) is 17.7 Å². The molecule has 1 atom stereocenters. The van der Waals surface area contributed by atoms with E-state index >= 15 is 0 Å².